The number of carbonyl (C=O) groups excluding carboxylic acids is 2. The predicted octanol–water partition coefficient (Wildman–Crippen LogP) is 5.07. The number of halogens is 2. The second-order valence-corrected chi connectivity index (χ2v) is 10.6. The highest BCUT2D eigenvalue weighted by Crippen LogP contribution is 2.35. The van der Waals surface area contributed by atoms with Crippen LogP contribution < -0.4 is 15.1 Å². The Morgan fingerprint density at radius 1 is 1.15 bits per heavy atom. The summed E-state index contributed by atoms with van der Waals surface area (Å²) in [5.41, 5.74) is 0.621. The monoisotopic (exact) mass is 564 g/mol. The molecule has 4 heterocycles. The molecule has 0 saturated carbocycles. The summed E-state index contributed by atoms with van der Waals surface area (Å²) in [7, 11) is 0. The lowest BCUT2D eigenvalue weighted by atomic mass is 10.0. The minimum atomic E-state index is -3.55. The molecular formula is C30H34F2N6O3. The van der Waals surface area contributed by atoms with E-state index in [9.17, 15) is 18.4 Å². The second kappa shape index (κ2) is 12.1. The van der Waals surface area contributed by atoms with Gasteiger partial charge in [-0.1, -0.05) is 43.8 Å². The van der Waals surface area contributed by atoms with Crippen LogP contribution in [0, 0.1) is 5.92 Å². The maximum atomic E-state index is 14.7. The van der Waals surface area contributed by atoms with E-state index in [1.807, 2.05) is 40.1 Å². The Bertz CT molecular complexity index is 1380. The number of aromatic nitrogens is 2. The molecule has 1 aromatic carbocycles. The van der Waals surface area contributed by atoms with Gasteiger partial charge in [0, 0.05) is 45.7 Å². The number of pyridine rings is 1. The molecule has 2 aromatic heterocycles. The van der Waals surface area contributed by atoms with Crippen molar-refractivity contribution in [2.24, 2.45) is 5.92 Å². The molecule has 1 N–H and O–H groups in total. The lowest BCUT2D eigenvalue weighted by Crippen LogP contribution is -2.34. The van der Waals surface area contributed by atoms with Crippen LogP contribution in [0.3, 0.4) is 0 Å². The van der Waals surface area contributed by atoms with Gasteiger partial charge in [0.05, 0.1) is 11.9 Å². The first-order valence-corrected chi connectivity index (χ1v) is 13.8. The lowest BCUT2D eigenvalue weighted by Gasteiger charge is -2.29. The number of hydrogen-bond acceptors (Lipinski definition) is 7. The quantitative estimate of drug-likeness (QED) is 0.382. The number of piperidine rings is 1. The maximum Gasteiger partial charge on any atom is 0.311 e. The van der Waals surface area contributed by atoms with Gasteiger partial charge in [0.25, 0.3) is 11.9 Å². The molecule has 3 aromatic rings. The molecule has 216 valence electrons. The zero-order valence-corrected chi connectivity index (χ0v) is 23.1. The number of oxazole rings is 1. The highest BCUT2D eigenvalue weighted by molar-refractivity contribution is 6.03. The maximum absolute atomic E-state index is 14.7. The van der Waals surface area contributed by atoms with Gasteiger partial charge in [-0.2, -0.15) is 13.8 Å². The van der Waals surface area contributed by atoms with Crippen molar-refractivity contribution >= 4 is 29.3 Å². The SMILES string of the molecule is C=CC(F)(F)c1nc(N2CCCC(C)C2)oc1C(=O)Nc1ccc(N2CCC(=O)N(Cc3ccccc3)CC2)nc1. The van der Waals surface area contributed by atoms with E-state index in [0.29, 0.717) is 69.2 Å². The van der Waals surface area contributed by atoms with Gasteiger partial charge >= 0.3 is 5.92 Å². The van der Waals surface area contributed by atoms with Crippen molar-refractivity contribution in [2.45, 2.75) is 38.7 Å². The molecule has 1 unspecified atom stereocenters. The van der Waals surface area contributed by atoms with E-state index in [2.05, 4.69) is 28.8 Å². The van der Waals surface area contributed by atoms with Crippen LogP contribution in [0.4, 0.5) is 26.3 Å². The highest BCUT2D eigenvalue weighted by Gasteiger charge is 2.39. The van der Waals surface area contributed by atoms with Gasteiger partial charge < -0.3 is 24.4 Å². The topological polar surface area (TPSA) is 94.8 Å². The summed E-state index contributed by atoms with van der Waals surface area (Å²) < 4.78 is 35.0. The minimum absolute atomic E-state index is 0.00344. The Labute approximate surface area is 237 Å². The van der Waals surface area contributed by atoms with E-state index in [0.717, 1.165) is 18.4 Å². The van der Waals surface area contributed by atoms with Crippen LogP contribution in [-0.4, -0.2) is 59.4 Å². The van der Waals surface area contributed by atoms with Gasteiger partial charge in [-0.15, -0.1) is 0 Å². The summed E-state index contributed by atoms with van der Waals surface area (Å²) in [5.74, 6) is -3.87. The van der Waals surface area contributed by atoms with Crippen molar-refractivity contribution in [1.82, 2.24) is 14.9 Å². The molecule has 2 aliphatic heterocycles. The molecule has 0 radical (unpaired) electrons. The van der Waals surface area contributed by atoms with Crippen molar-refractivity contribution in [3.05, 3.63) is 78.3 Å². The number of benzene rings is 1. The van der Waals surface area contributed by atoms with Gasteiger partial charge in [-0.3, -0.25) is 9.59 Å². The third-order valence-corrected chi connectivity index (χ3v) is 7.46. The number of nitrogens with zero attached hydrogens (tertiary/aromatic N) is 5. The largest absolute Gasteiger partial charge is 0.418 e. The van der Waals surface area contributed by atoms with Crippen LogP contribution in [0.5, 0.6) is 0 Å². The molecule has 2 aliphatic rings. The minimum Gasteiger partial charge on any atom is -0.418 e. The van der Waals surface area contributed by atoms with Crippen LogP contribution in [0.25, 0.3) is 0 Å². The molecule has 9 nitrogen and oxygen atoms in total. The first kappa shape index (κ1) is 28.3. The van der Waals surface area contributed by atoms with Gasteiger partial charge in [0.2, 0.25) is 11.7 Å². The molecule has 0 bridgehead atoms. The lowest BCUT2D eigenvalue weighted by molar-refractivity contribution is -0.130. The third kappa shape index (κ3) is 6.55. The van der Waals surface area contributed by atoms with Crippen LogP contribution >= 0.6 is 0 Å². The fraction of sp³-hybridized carbons (Fsp3) is 0.400. The second-order valence-electron chi connectivity index (χ2n) is 10.6. The van der Waals surface area contributed by atoms with E-state index in [-0.39, 0.29) is 11.9 Å². The Morgan fingerprint density at radius 3 is 2.66 bits per heavy atom. The molecule has 0 spiro atoms. The number of carbonyl (C=O) groups is 2. The van der Waals surface area contributed by atoms with E-state index in [4.69, 9.17) is 4.42 Å². The van der Waals surface area contributed by atoms with Crippen LogP contribution in [0.2, 0.25) is 0 Å². The number of hydrogen-bond donors (Lipinski definition) is 1. The highest BCUT2D eigenvalue weighted by atomic mass is 19.3. The molecule has 11 heteroatoms. The van der Waals surface area contributed by atoms with Crippen molar-refractivity contribution < 1.29 is 22.8 Å². The Hall–Kier alpha value is -4.28. The molecule has 2 saturated heterocycles. The molecule has 0 aliphatic carbocycles. The molecule has 2 fully saturated rings. The van der Waals surface area contributed by atoms with Gasteiger partial charge in [-0.25, -0.2) is 4.98 Å². The molecule has 41 heavy (non-hydrogen) atoms. The standard InChI is InChI=1S/C30H34F2N6O3/c1-3-30(31,32)27-26(41-29(35-27)38-14-7-8-21(2)19-38)28(40)34-23-11-12-24(33-18-23)36-15-13-25(39)37(17-16-36)20-22-9-5-4-6-10-22/h3-6,9-12,18,21H,1,7-8,13-17,19-20H2,2H3,(H,34,40). The third-order valence-electron chi connectivity index (χ3n) is 7.46. The smallest absolute Gasteiger partial charge is 0.311 e. The average Bonchev–Trinajstić information content (AvgIpc) is 3.37. The molecule has 1 atom stereocenters. The number of nitrogens with one attached hydrogen (secondary N) is 1. The van der Waals surface area contributed by atoms with Crippen molar-refractivity contribution in [3.8, 4) is 0 Å². The van der Waals surface area contributed by atoms with E-state index < -0.39 is 23.3 Å². The Kier molecular flexibility index (Phi) is 8.32. The summed E-state index contributed by atoms with van der Waals surface area (Å²) in [5, 5.41) is 2.60. The van der Waals surface area contributed by atoms with Gasteiger partial charge in [0.1, 0.15) is 5.82 Å². The van der Waals surface area contributed by atoms with Crippen LogP contribution in [0.1, 0.15) is 48.0 Å². The normalized spacial score (nSPS) is 18.3. The number of anilines is 3. The first-order valence-electron chi connectivity index (χ1n) is 13.8. The number of rotatable bonds is 8. The number of amides is 2. The molecule has 5 rings (SSSR count). The summed E-state index contributed by atoms with van der Waals surface area (Å²) >= 11 is 0. The van der Waals surface area contributed by atoms with Crippen molar-refractivity contribution in [1.29, 1.82) is 0 Å². The first-order chi connectivity index (χ1) is 19.7. The summed E-state index contributed by atoms with van der Waals surface area (Å²) in [4.78, 5) is 39.9. The molecule has 2 amide bonds. The van der Waals surface area contributed by atoms with Gasteiger partial charge in [0.15, 0.2) is 5.69 Å². The average molecular weight is 565 g/mol. The number of alkyl halides is 2. The van der Waals surface area contributed by atoms with Gasteiger partial charge in [-0.05, 0) is 42.5 Å². The van der Waals surface area contributed by atoms with Crippen LogP contribution in [0.15, 0.2) is 65.7 Å². The number of allylic oxidation sites excluding steroid dienone is 1. The fourth-order valence-corrected chi connectivity index (χ4v) is 5.19. The zero-order chi connectivity index (χ0) is 29.0. The Balaban J connectivity index is 1.26. The summed E-state index contributed by atoms with van der Waals surface area (Å²) in [6.45, 7) is 8.72. The van der Waals surface area contributed by atoms with E-state index in [1.165, 1.54) is 6.20 Å². The fourth-order valence-electron chi connectivity index (χ4n) is 5.19. The summed E-state index contributed by atoms with van der Waals surface area (Å²) in [6.07, 6.45) is 4.18. The summed E-state index contributed by atoms with van der Waals surface area (Å²) in [6, 6.07) is 13.2. The van der Waals surface area contributed by atoms with Crippen molar-refractivity contribution in [2.75, 3.05) is 47.8 Å². The molecular weight excluding hydrogens is 530 g/mol. The van der Waals surface area contributed by atoms with E-state index >= 15 is 0 Å². The Morgan fingerprint density at radius 2 is 1.95 bits per heavy atom. The van der Waals surface area contributed by atoms with E-state index in [1.54, 1.807) is 17.0 Å². The van der Waals surface area contributed by atoms with Crippen molar-refractivity contribution in [3.63, 3.8) is 0 Å². The predicted molar refractivity (Wildman–Crippen MR) is 152 cm³/mol. The zero-order valence-electron chi connectivity index (χ0n) is 23.1. The van der Waals surface area contributed by atoms with Crippen LogP contribution in [-0.2, 0) is 17.3 Å².